The molecule has 1 N–H and O–H groups in total. The van der Waals surface area contributed by atoms with E-state index in [2.05, 4.69) is 20.5 Å². The van der Waals surface area contributed by atoms with E-state index in [-0.39, 0.29) is 35.2 Å². The maximum Gasteiger partial charge on any atom is 0.284 e. The molecule has 1 saturated carbocycles. The van der Waals surface area contributed by atoms with Crippen molar-refractivity contribution in [3.05, 3.63) is 35.9 Å². The first-order valence-corrected chi connectivity index (χ1v) is 12.3. The molecule has 3 aromatic heterocycles. The van der Waals surface area contributed by atoms with E-state index in [1.165, 1.54) is 15.4 Å². The summed E-state index contributed by atoms with van der Waals surface area (Å²) in [5.74, 6) is 0.241. The van der Waals surface area contributed by atoms with E-state index >= 15 is 0 Å². The molecule has 1 amide bonds. The molecule has 2 saturated heterocycles. The quantitative estimate of drug-likeness (QED) is 0.498. The van der Waals surface area contributed by atoms with E-state index in [0.717, 1.165) is 38.4 Å². The zero-order chi connectivity index (χ0) is 24.8. The largest absolute Gasteiger partial charge is 0.374 e. The second kappa shape index (κ2) is 9.23. The predicted molar refractivity (Wildman–Crippen MR) is 125 cm³/mol. The zero-order valence-corrected chi connectivity index (χ0v) is 19.6. The van der Waals surface area contributed by atoms with Crippen LogP contribution in [0.1, 0.15) is 54.6 Å². The highest BCUT2D eigenvalue weighted by molar-refractivity contribution is 6.12. The highest BCUT2D eigenvalue weighted by Crippen LogP contribution is 2.36. The fourth-order valence-corrected chi connectivity index (χ4v) is 5.68. The number of nitrogens with zero attached hydrogens (tertiary/aromatic N) is 6. The number of nitrogens with one attached hydrogen (secondary N) is 1. The third kappa shape index (κ3) is 4.12. The lowest BCUT2D eigenvalue weighted by Gasteiger charge is -2.27. The van der Waals surface area contributed by atoms with Gasteiger partial charge in [-0.25, -0.2) is 18.3 Å². The molecular formula is C24H27F2N7O3. The molecule has 190 valence electrons. The van der Waals surface area contributed by atoms with Crippen molar-refractivity contribution in [2.24, 2.45) is 11.8 Å². The van der Waals surface area contributed by atoms with Crippen LogP contribution in [0.25, 0.3) is 5.65 Å². The minimum absolute atomic E-state index is 0.0240. The van der Waals surface area contributed by atoms with Crippen LogP contribution >= 0.6 is 0 Å². The number of anilines is 2. The number of carbonyl (C=O) groups excluding carboxylic acids is 2. The number of amides is 1. The van der Waals surface area contributed by atoms with Gasteiger partial charge in [0.2, 0.25) is 0 Å². The molecule has 3 aliphatic rings. The summed E-state index contributed by atoms with van der Waals surface area (Å²) in [7, 11) is 0. The lowest BCUT2D eigenvalue weighted by Crippen LogP contribution is -2.38. The molecule has 3 fully saturated rings. The second-order valence-electron chi connectivity index (χ2n) is 9.91. The molecule has 5 heterocycles. The average molecular weight is 500 g/mol. The van der Waals surface area contributed by atoms with Gasteiger partial charge in [0, 0.05) is 37.6 Å². The molecule has 2 aliphatic heterocycles. The van der Waals surface area contributed by atoms with Crippen LogP contribution in [0, 0.1) is 11.8 Å². The van der Waals surface area contributed by atoms with Crippen molar-refractivity contribution in [1.82, 2.24) is 24.4 Å². The number of morpholine rings is 1. The molecular weight excluding hydrogens is 472 g/mol. The molecule has 3 aromatic rings. The van der Waals surface area contributed by atoms with Crippen molar-refractivity contribution in [2.75, 3.05) is 23.4 Å². The molecule has 0 spiro atoms. The van der Waals surface area contributed by atoms with Gasteiger partial charge in [0.25, 0.3) is 12.3 Å². The third-order valence-corrected chi connectivity index (χ3v) is 7.55. The highest BCUT2D eigenvalue weighted by atomic mass is 19.3. The van der Waals surface area contributed by atoms with Crippen LogP contribution in [-0.2, 0) is 16.1 Å². The van der Waals surface area contributed by atoms with E-state index in [9.17, 15) is 18.4 Å². The van der Waals surface area contributed by atoms with Crippen molar-refractivity contribution in [3.63, 3.8) is 0 Å². The van der Waals surface area contributed by atoms with Crippen LogP contribution in [0.4, 0.5) is 20.3 Å². The Kier molecular flexibility index (Phi) is 5.90. The molecule has 36 heavy (non-hydrogen) atoms. The van der Waals surface area contributed by atoms with Gasteiger partial charge in [-0.3, -0.25) is 9.48 Å². The molecule has 12 heteroatoms. The summed E-state index contributed by atoms with van der Waals surface area (Å²) in [5, 5.41) is 11.4. The lowest BCUT2D eigenvalue weighted by atomic mass is 9.83. The minimum atomic E-state index is -2.85. The lowest BCUT2D eigenvalue weighted by molar-refractivity contribution is -0.112. The number of halogens is 2. The Bertz CT molecular complexity index is 1280. The summed E-state index contributed by atoms with van der Waals surface area (Å²) in [5.41, 5.74) is 0.101. The van der Waals surface area contributed by atoms with Crippen LogP contribution in [0.5, 0.6) is 0 Å². The SMILES string of the molecule is O=CC1CCC(Cn2cc(NC(=O)c3c(N4C[C@H]5C[C@@H]4CO5)nn4cccnc34)c(C(F)F)n2)CC1. The number of carbonyl (C=O) groups is 2. The molecule has 0 radical (unpaired) electrons. The molecule has 10 nitrogen and oxygen atoms in total. The van der Waals surface area contributed by atoms with Gasteiger partial charge < -0.3 is 19.7 Å². The Morgan fingerprint density at radius 3 is 2.78 bits per heavy atom. The predicted octanol–water partition coefficient (Wildman–Crippen LogP) is 3.10. The van der Waals surface area contributed by atoms with E-state index in [0.29, 0.717) is 31.2 Å². The van der Waals surface area contributed by atoms with Crippen LogP contribution < -0.4 is 10.2 Å². The van der Waals surface area contributed by atoms with E-state index in [1.807, 2.05) is 4.90 Å². The van der Waals surface area contributed by atoms with Gasteiger partial charge in [-0.15, -0.1) is 5.10 Å². The first-order valence-electron chi connectivity index (χ1n) is 12.3. The van der Waals surface area contributed by atoms with Gasteiger partial charge in [-0.1, -0.05) is 0 Å². The van der Waals surface area contributed by atoms with Crippen molar-refractivity contribution < 1.29 is 23.1 Å². The molecule has 6 rings (SSSR count). The topological polar surface area (TPSA) is 107 Å². The number of fused-ring (bicyclic) bond motifs is 3. The normalized spacial score (nSPS) is 25.7. The smallest absolute Gasteiger partial charge is 0.284 e. The molecule has 0 unspecified atom stereocenters. The Balaban J connectivity index is 1.27. The molecule has 2 bridgehead atoms. The molecule has 1 aliphatic carbocycles. The van der Waals surface area contributed by atoms with Crippen molar-refractivity contribution >= 4 is 29.3 Å². The fraction of sp³-hybridized carbons (Fsp3) is 0.542. The van der Waals surface area contributed by atoms with Gasteiger partial charge >= 0.3 is 0 Å². The minimum Gasteiger partial charge on any atom is -0.374 e. The Hall–Kier alpha value is -3.41. The maximum atomic E-state index is 13.9. The second-order valence-corrected chi connectivity index (χ2v) is 9.91. The van der Waals surface area contributed by atoms with Crippen LogP contribution in [0.2, 0.25) is 0 Å². The fourth-order valence-electron chi connectivity index (χ4n) is 5.68. The molecule has 0 aromatic carbocycles. The van der Waals surface area contributed by atoms with E-state index in [1.54, 1.807) is 18.5 Å². The summed E-state index contributed by atoms with van der Waals surface area (Å²) in [6.07, 6.45) is 7.12. The monoisotopic (exact) mass is 499 g/mol. The number of aromatic nitrogens is 5. The summed E-state index contributed by atoms with van der Waals surface area (Å²) < 4.78 is 36.4. The van der Waals surface area contributed by atoms with Crippen LogP contribution in [0.15, 0.2) is 24.7 Å². The number of hydrogen-bond acceptors (Lipinski definition) is 7. The summed E-state index contributed by atoms with van der Waals surface area (Å²) >= 11 is 0. The number of hydrogen-bond donors (Lipinski definition) is 1. The van der Waals surface area contributed by atoms with Gasteiger partial charge in [0.1, 0.15) is 11.8 Å². The van der Waals surface area contributed by atoms with Gasteiger partial charge in [0.15, 0.2) is 17.2 Å². The van der Waals surface area contributed by atoms with Crippen molar-refractivity contribution in [2.45, 2.75) is 57.2 Å². The summed E-state index contributed by atoms with van der Waals surface area (Å²) in [6.45, 7) is 1.63. The summed E-state index contributed by atoms with van der Waals surface area (Å²) in [6, 6.07) is 1.83. The van der Waals surface area contributed by atoms with Crippen molar-refractivity contribution in [1.29, 1.82) is 0 Å². The number of ether oxygens (including phenoxy) is 1. The van der Waals surface area contributed by atoms with E-state index in [4.69, 9.17) is 4.74 Å². The standard InChI is InChI=1S/C24H27F2N7O3/c25-21(26)20-18(11-31(29-20)9-14-2-4-15(12-34)5-3-14)28-24(35)19-22-27-6-1-7-33(22)30-23(19)32-10-17-8-16(32)13-36-17/h1,6-7,11-12,14-17,21H,2-5,8-10,13H2,(H,28,35)/t14?,15?,16-,17-/m1/s1. The zero-order valence-electron chi connectivity index (χ0n) is 19.6. The van der Waals surface area contributed by atoms with E-state index < -0.39 is 18.0 Å². The van der Waals surface area contributed by atoms with Gasteiger partial charge in [-0.2, -0.15) is 5.10 Å². The first-order chi connectivity index (χ1) is 17.5. The maximum absolute atomic E-state index is 13.9. The van der Waals surface area contributed by atoms with Crippen LogP contribution in [0.3, 0.4) is 0 Å². The molecule has 2 atom stereocenters. The van der Waals surface area contributed by atoms with Crippen LogP contribution in [-0.4, -0.2) is 61.9 Å². The Labute approximate surface area is 205 Å². The highest BCUT2D eigenvalue weighted by Gasteiger charge is 2.42. The van der Waals surface area contributed by atoms with Gasteiger partial charge in [-0.05, 0) is 44.1 Å². The summed E-state index contributed by atoms with van der Waals surface area (Å²) in [4.78, 5) is 30.9. The number of aldehydes is 1. The van der Waals surface area contributed by atoms with Gasteiger partial charge in [0.05, 0.1) is 24.4 Å². The Morgan fingerprint density at radius 2 is 2.08 bits per heavy atom. The Morgan fingerprint density at radius 1 is 1.25 bits per heavy atom. The van der Waals surface area contributed by atoms with Crippen molar-refractivity contribution in [3.8, 4) is 0 Å². The average Bonchev–Trinajstić information content (AvgIpc) is 3.66. The number of rotatable bonds is 7. The third-order valence-electron chi connectivity index (χ3n) is 7.55. The number of alkyl halides is 2. The first kappa shape index (κ1) is 23.0.